The zero-order valence-electron chi connectivity index (χ0n) is 11.3. The number of carbonyl (C=O) groups is 1. The van der Waals surface area contributed by atoms with Crippen LogP contribution in [0.4, 0.5) is 20.2 Å². The summed E-state index contributed by atoms with van der Waals surface area (Å²) in [5, 5.41) is 11.4. The second-order valence-electron chi connectivity index (χ2n) is 4.44. The number of carbonyl (C=O) groups excluding carboxylic acids is 1. The van der Waals surface area contributed by atoms with Crippen molar-refractivity contribution in [2.45, 2.75) is 13.3 Å². The third-order valence-corrected chi connectivity index (χ3v) is 2.75. The minimum absolute atomic E-state index is 0.0149. The number of nitrogen functional groups attached to an aromatic ring is 1. The molecular formula is C13H19F2N3O2. The molecule has 0 heterocycles. The number of rotatable bonds is 7. The molecule has 112 valence electrons. The summed E-state index contributed by atoms with van der Waals surface area (Å²) in [6, 6.07) is 5.19. The van der Waals surface area contributed by atoms with Crippen molar-refractivity contribution in [3.8, 4) is 0 Å². The van der Waals surface area contributed by atoms with Crippen molar-refractivity contribution in [3.05, 3.63) is 23.8 Å². The van der Waals surface area contributed by atoms with Gasteiger partial charge in [-0.15, -0.1) is 0 Å². The predicted molar refractivity (Wildman–Crippen MR) is 73.8 cm³/mol. The van der Waals surface area contributed by atoms with Gasteiger partial charge in [0.05, 0.1) is 31.1 Å². The van der Waals surface area contributed by atoms with Gasteiger partial charge in [0.15, 0.2) is 0 Å². The van der Waals surface area contributed by atoms with Gasteiger partial charge in [-0.05, 0) is 18.6 Å². The number of alkyl halides is 2. The molecule has 0 saturated heterocycles. The summed E-state index contributed by atoms with van der Waals surface area (Å²) >= 11 is 0. The third-order valence-electron chi connectivity index (χ3n) is 2.75. The molecular weight excluding hydrogens is 268 g/mol. The van der Waals surface area contributed by atoms with E-state index in [0.717, 1.165) is 5.56 Å². The molecule has 5 nitrogen and oxygen atoms in total. The van der Waals surface area contributed by atoms with Crippen LogP contribution in [0.3, 0.4) is 0 Å². The number of benzene rings is 1. The van der Waals surface area contributed by atoms with Crippen LogP contribution in [0.15, 0.2) is 18.2 Å². The molecule has 0 bridgehead atoms. The fourth-order valence-electron chi connectivity index (χ4n) is 1.81. The van der Waals surface area contributed by atoms with Crippen LogP contribution >= 0.6 is 0 Å². The molecule has 0 aliphatic rings. The number of halogens is 2. The topological polar surface area (TPSA) is 78.6 Å². The first-order chi connectivity index (χ1) is 9.43. The number of hydrogen-bond donors (Lipinski definition) is 3. The van der Waals surface area contributed by atoms with Crippen molar-refractivity contribution >= 4 is 17.3 Å². The summed E-state index contributed by atoms with van der Waals surface area (Å²) < 4.78 is 24.7. The SMILES string of the molecule is Cc1cccc(N)c1NC(=O)CN(CCO)CC(F)F. The molecule has 1 amide bonds. The minimum Gasteiger partial charge on any atom is -0.397 e. The van der Waals surface area contributed by atoms with Gasteiger partial charge in [0.2, 0.25) is 5.91 Å². The van der Waals surface area contributed by atoms with E-state index < -0.39 is 18.9 Å². The maximum absolute atomic E-state index is 12.3. The average molecular weight is 287 g/mol. The highest BCUT2D eigenvalue weighted by molar-refractivity contribution is 5.96. The number of aliphatic hydroxyl groups is 1. The van der Waals surface area contributed by atoms with Crippen LogP contribution in [0.5, 0.6) is 0 Å². The number of aliphatic hydroxyl groups excluding tert-OH is 1. The van der Waals surface area contributed by atoms with E-state index in [1.54, 1.807) is 25.1 Å². The number of nitrogens with zero attached hydrogens (tertiary/aromatic N) is 1. The van der Waals surface area contributed by atoms with Gasteiger partial charge >= 0.3 is 0 Å². The van der Waals surface area contributed by atoms with Gasteiger partial charge in [-0.2, -0.15) is 0 Å². The number of nitrogens with one attached hydrogen (secondary N) is 1. The first-order valence-corrected chi connectivity index (χ1v) is 6.20. The number of amides is 1. The van der Waals surface area contributed by atoms with Crippen LogP contribution in [0.1, 0.15) is 5.56 Å². The molecule has 0 unspecified atom stereocenters. The maximum Gasteiger partial charge on any atom is 0.251 e. The molecule has 7 heteroatoms. The molecule has 0 atom stereocenters. The van der Waals surface area contributed by atoms with Crippen molar-refractivity contribution in [1.82, 2.24) is 4.90 Å². The molecule has 1 aromatic carbocycles. The average Bonchev–Trinajstić information content (AvgIpc) is 2.33. The fourth-order valence-corrected chi connectivity index (χ4v) is 1.81. The Morgan fingerprint density at radius 2 is 2.20 bits per heavy atom. The second-order valence-corrected chi connectivity index (χ2v) is 4.44. The van der Waals surface area contributed by atoms with Crippen molar-refractivity contribution in [2.75, 3.05) is 37.3 Å². The smallest absolute Gasteiger partial charge is 0.251 e. The summed E-state index contributed by atoms with van der Waals surface area (Å²) in [6.07, 6.45) is -2.56. The lowest BCUT2D eigenvalue weighted by atomic mass is 10.1. The Labute approximate surface area is 116 Å². The number of anilines is 2. The molecule has 0 aliphatic carbocycles. The molecule has 0 radical (unpaired) electrons. The normalized spacial score (nSPS) is 11.1. The van der Waals surface area contributed by atoms with Crippen LogP contribution < -0.4 is 11.1 Å². The van der Waals surface area contributed by atoms with Crippen LogP contribution in [0, 0.1) is 6.92 Å². The molecule has 0 spiro atoms. The van der Waals surface area contributed by atoms with Crippen LogP contribution in [0.25, 0.3) is 0 Å². The van der Waals surface area contributed by atoms with Gasteiger partial charge in [-0.25, -0.2) is 8.78 Å². The second kappa shape index (κ2) is 7.76. The molecule has 0 fully saturated rings. The van der Waals surface area contributed by atoms with E-state index in [-0.39, 0.29) is 19.7 Å². The zero-order valence-corrected chi connectivity index (χ0v) is 11.3. The lowest BCUT2D eigenvalue weighted by Gasteiger charge is -2.20. The monoisotopic (exact) mass is 287 g/mol. The van der Waals surface area contributed by atoms with E-state index in [2.05, 4.69) is 5.32 Å². The minimum atomic E-state index is -2.56. The Balaban J connectivity index is 2.65. The van der Waals surface area contributed by atoms with Crippen LogP contribution in [-0.4, -0.2) is 48.6 Å². The van der Waals surface area contributed by atoms with Gasteiger partial charge in [0, 0.05) is 6.54 Å². The fraction of sp³-hybridized carbons (Fsp3) is 0.462. The van der Waals surface area contributed by atoms with Crippen molar-refractivity contribution in [1.29, 1.82) is 0 Å². The van der Waals surface area contributed by atoms with Crippen molar-refractivity contribution in [2.24, 2.45) is 0 Å². The lowest BCUT2D eigenvalue weighted by Crippen LogP contribution is -2.38. The number of para-hydroxylation sites is 1. The van der Waals surface area contributed by atoms with E-state index in [9.17, 15) is 13.6 Å². The molecule has 4 N–H and O–H groups in total. The molecule has 0 aromatic heterocycles. The molecule has 20 heavy (non-hydrogen) atoms. The first-order valence-electron chi connectivity index (χ1n) is 6.20. The Hall–Kier alpha value is -1.73. The van der Waals surface area contributed by atoms with E-state index in [1.165, 1.54) is 4.90 Å². The van der Waals surface area contributed by atoms with E-state index in [1.807, 2.05) is 0 Å². The third kappa shape index (κ3) is 5.10. The number of nitrogens with two attached hydrogens (primary N) is 1. The van der Waals surface area contributed by atoms with Gasteiger partial charge < -0.3 is 16.2 Å². The van der Waals surface area contributed by atoms with Gasteiger partial charge in [-0.3, -0.25) is 9.69 Å². The molecule has 0 saturated carbocycles. The van der Waals surface area contributed by atoms with Gasteiger partial charge in [-0.1, -0.05) is 12.1 Å². The zero-order chi connectivity index (χ0) is 15.1. The number of hydrogen-bond acceptors (Lipinski definition) is 4. The molecule has 1 aromatic rings. The summed E-state index contributed by atoms with van der Waals surface area (Å²) in [5.74, 6) is -0.444. The van der Waals surface area contributed by atoms with E-state index in [4.69, 9.17) is 10.8 Å². The summed E-state index contributed by atoms with van der Waals surface area (Å²) in [6.45, 7) is 0.736. The lowest BCUT2D eigenvalue weighted by molar-refractivity contribution is -0.117. The van der Waals surface area contributed by atoms with Crippen LogP contribution in [-0.2, 0) is 4.79 Å². The number of aryl methyl sites for hydroxylation is 1. The molecule has 0 aliphatic heterocycles. The summed E-state index contributed by atoms with van der Waals surface area (Å²) in [5.41, 5.74) is 7.45. The van der Waals surface area contributed by atoms with Crippen molar-refractivity contribution < 1.29 is 18.7 Å². The Morgan fingerprint density at radius 1 is 1.50 bits per heavy atom. The van der Waals surface area contributed by atoms with Gasteiger partial charge in [0.25, 0.3) is 6.43 Å². The maximum atomic E-state index is 12.3. The van der Waals surface area contributed by atoms with Crippen molar-refractivity contribution in [3.63, 3.8) is 0 Å². The Morgan fingerprint density at radius 3 is 2.75 bits per heavy atom. The Bertz CT molecular complexity index is 435. The highest BCUT2D eigenvalue weighted by Gasteiger charge is 2.16. The highest BCUT2D eigenvalue weighted by Crippen LogP contribution is 2.22. The van der Waals surface area contributed by atoms with Gasteiger partial charge in [0.1, 0.15) is 0 Å². The summed E-state index contributed by atoms with van der Waals surface area (Å²) in [4.78, 5) is 13.0. The Kier molecular flexibility index (Phi) is 6.33. The molecule has 1 rings (SSSR count). The summed E-state index contributed by atoms with van der Waals surface area (Å²) in [7, 11) is 0. The van der Waals surface area contributed by atoms with E-state index in [0.29, 0.717) is 11.4 Å². The largest absolute Gasteiger partial charge is 0.397 e. The highest BCUT2D eigenvalue weighted by atomic mass is 19.3. The van der Waals surface area contributed by atoms with E-state index >= 15 is 0 Å². The standard InChI is InChI=1S/C13H19F2N3O2/c1-9-3-2-4-10(16)13(9)17-12(20)8-18(5-6-19)7-11(14)15/h2-4,11,19H,5-8,16H2,1H3,(H,17,20). The predicted octanol–water partition coefficient (Wildman–Crippen LogP) is 1.08. The first kappa shape index (κ1) is 16.3. The quantitative estimate of drug-likeness (QED) is 0.656. The van der Waals surface area contributed by atoms with Crippen LogP contribution in [0.2, 0.25) is 0 Å².